The van der Waals surface area contributed by atoms with Crippen LogP contribution in [0.4, 0.5) is 4.39 Å². The normalized spacial score (nSPS) is 19.7. The predicted molar refractivity (Wildman–Crippen MR) is 99.6 cm³/mol. The molecule has 5 nitrogen and oxygen atoms in total. The van der Waals surface area contributed by atoms with Crippen molar-refractivity contribution in [2.24, 2.45) is 5.92 Å². The Morgan fingerprint density at radius 3 is 2.88 bits per heavy atom. The molecule has 2 aromatic rings. The number of nitrogens with one attached hydrogen (secondary N) is 2. The second-order valence-electron chi connectivity index (χ2n) is 6.67. The van der Waals surface area contributed by atoms with E-state index in [4.69, 9.17) is 23.2 Å². The third-order valence-electron chi connectivity index (χ3n) is 4.58. The van der Waals surface area contributed by atoms with Crippen molar-refractivity contribution in [1.82, 2.24) is 20.4 Å². The van der Waals surface area contributed by atoms with Crippen LogP contribution in [-0.4, -0.2) is 28.3 Å². The summed E-state index contributed by atoms with van der Waals surface area (Å²) in [5, 5.41) is 11.3. The molecule has 0 aliphatic heterocycles. The number of benzene rings is 1. The van der Waals surface area contributed by atoms with Crippen molar-refractivity contribution in [2.45, 2.75) is 38.4 Å². The van der Waals surface area contributed by atoms with Gasteiger partial charge in [-0.05, 0) is 43.9 Å². The summed E-state index contributed by atoms with van der Waals surface area (Å²) >= 11 is 11.5. The van der Waals surface area contributed by atoms with Crippen LogP contribution in [0.3, 0.4) is 0 Å². The SMILES string of the molecule is O=C(Cn1cc(Cl)cn1)NC1CCC(CNCc2ccc(Cl)cc2F)C1. The number of rotatable bonds is 7. The largest absolute Gasteiger partial charge is 0.352 e. The molecule has 26 heavy (non-hydrogen) atoms. The molecule has 8 heteroatoms. The molecule has 1 aliphatic rings. The molecule has 2 atom stereocenters. The van der Waals surface area contributed by atoms with Crippen molar-refractivity contribution < 1.29 is 9.18 Å². The molecule has 1 amide bonds. The predicted octanol–water partition coefficient (Wildman–Crippen LogP) is 3.40. The van der Waals surface area contributed by atoms with E-state index in [1.165, 1.54) is 16.9 Å². The topological polar surface area (TPSA) is 59.0 Å². The second kappa shape index (κ2) is 8.84. The van der Waals surface area contributed by atoms with Crippen molar-refractivity contribution in [3.8, 4) is 0 Å². The standard InChI is InChI=1S/C18H21Cl2FN4O/c19-14-3-2-13(17(21)6-14)8-22-7-12-1-4-16(5-12)24-18(26)11-25-10-15(20)9-23-25/h2-3,6,9-10,12,16,22H,1,4-5,7-8,11H2,(H,24,26). The molecule has 3 rings (SSSR count). The highest BCUT2D eigenvalue weighted by molar-refractivity contribution is 6.30. The van der Waals surface area contributed by atoms with Gasteiger partial charge in [0.1, 0.15) is 12.4 Å². The van der Waals surface area contributed by atoms with Gasteiger partial charge in [0, 0.05) is 29.4 Å². The van der Waals surface area contributed by atoms with Crippen LogP contribution >= 0.6 is 23.2 Å². The van der Waals surface area contributed by atoms with Crippen LogP contribution in [0.2, 0.25) is 10.0 Å². The van der Waals surface area contributed by atoms with Crippen LogP contribution in [0.1, 0.15) is 24.8 Å². The molecule has 140 valence electrons. The van der Waals surface area contributed by atoms with Crippen LogP contribution in [0.15, 0.2) is 30.6 Å². The molecule has 0 radical (unpaired) electrons. The zero-order chi connectivity index (χ0) is 18.5. The van der Waals surface area contributed by atoms with E-state index >= 15 is 0 Å². The highest BCUT2D eigenvalue weighted by Gasteiger charge is 2.25. The van der Waals surface area contributed by atoms with Gasteiger partial charge in [-0.3, -0.25) is 9.48 Å². The zero-order valence-corrected chi connectivity index (χ0v) is 15.7. The van der Waals surface area contributed by atoms with E-state index in [1.54, 1.807) is 18.3 Å². The second-order valence-corrected chi connectivity index (χ2v) is 7.54. The lowest BCUT2D eigenvalue weighted by molar-refractivity contribution is -0.122. The summed E-state index contributed by atoms with van der Waals surface area (Å²) in [4.78, 5) is 12.1. The number of carbonyl (C=O) groups excluding carboxylic acids is 1. The third-order valence-corrected chi connectivity index (χ3v) is 5.01. The van der Waals surface area contributed by atoms with E-state index in [9.17, 15) is 9.18 Å². The van der Waals surface area contributed by atoms with Gasteiger partial charge < -0.3 is 10.6 Å². The van der Waals surface area contributed by atoms with Crippen molar-refractivity contribution >= 4 is 29.1 Å². The highest BCUT2D eigenvalue weighted by atomic mass is 35.5. The summed E-state index contributed by atoms with van der Waals surface area (Å²) in [6.45, 7) is 1.43. The first-order valence-corrected chi connectivity index (χ1v) is 9.37. The first-order chi connectivity index (χ1) is 12.5. The molecule has 1 fully saturated rings. The molecular weight excluding hydrogens is 378 g/mol. The number of amides is 1. The number of hydrogen-bond donors (Lipinski definition) is 2. The van der Waals surface area contributed by atoms with Gasteiger partial charge >= 0.3 is 0 Å². The summed E-state index contributed by atoms with van der Waals surface area (Å²) in [7, 11) is 0. The molecule has 0 spiro atoms. The number of nitrogens with zero attached hydrogens (tertiary/aromatic N) is 2. The number of hydrogen-bond acceptors (Lipinski definition) is 3. The lowest BCUT2D eigenvalue weighted by Gasteiger charge is -2.14. The molecule has 1 saturated carbocycles. The maximum atomic E-state index is 13.7. The van der Waals surface area contributed by atoms with Gasteiger partial charge in [-0.2, -0.15) is 5.10 Å². The van der Waals surface area contributed by atoms with Crippen molar-refractivity contribution in [1.29, 1.82) is 0 Å². The average molecular weight is 399 g/mol. The lowest BCUT2D eigenvalue weighted by Crippen LogP contribution is -2.36. The highest BCUT2D eigenvalue weighted by Crippen LogP contribution is 2.25. The summed E-state index contributed by atoms with van der Waals surface area (Å²) in [5.41, 5.74) is 0.607. The van der Waals surface area contributed by atoms with Gasteiger partial charge in [0.15, 0.2) is 0 Å². The van der Waals surface area contributed by atoms with E-state index in [2.05, 4.69) is 15.7 Å². The van der Waals surface area contributed by atoms with Crippen molar-refractivity contribution in [2.75, 3.05) is 6.54 Å². The Balaban J connectivity index is 1.37. The summed E-state index contributed by atoms with van der Waals surface area (Å²) in [6, 6.07) is 4.89. The number of aromatic nitrogens is 2. The maximum Gasteiger partial charge on any atom is 0.241 e. The maximum absolute atomic E-state index is 13.7. The minimum absolute atomic E-state index is 0.0633. The first-order valence-electron chi connectivity index (χ1n) is 8.61. The van der Waals surface area contributed by atoms with Crippen LogP contribution in [0.25, 0.3) is 0 Å². The molecule has 2 unspecified atom stereocenters. The monoisotopic (exact) mass is 398 g/mol. The fourth-order valence-corrected chi connectivity index (χ4v) is 3.63. The molecule has 1 aliphatic carbocycles. The lowest BCUT2D eigenvalue weighted by atomic mass is 10.1. The molecule has 1 aromatic carbocycles. The Bertz CT molecular complexity index is 767. The fourth-order valence-electron chi connectivity index (χ4n) is 3.31. The van der Waals surface area contributed by atoms with E-state index in [0.29, 0.717) is 28.1 Å². The van der Waals surface area contributed by atoms with Gasteiger partial charge in [0.2, 0.25) is 5.91 Å². The number of carbonyl (C=O) groups is 1. The van der Waals surface area contributed by atoms with Gasteiger partial charge in [-0.1, -0.05) is 29.3 Å². The minimum Gasteiger partial charge on any atom is -0.352 e. The first kappa shape index (κ1) is 19.1. The summed E-state index contributed by atoms with van der Waals surface area (Å²) < 4.78 is 15.3. The Labute approximate surface area is 161 Å². The van der Waals surface area contributed by atoms with E-state index < -0.39 is 0 Å². The van der Waals surface area contributed by atoms with Gasteiger partial charge in [0.05, 0.1) is 11.2 Å². The fraction of sp³-hybridized carbons (Fsp3) is 0.444. The summed E-state index contributed by atoms with van der Waals surface area (Å²) in [5.74, 6) is 0.113. The molecular formula is C18H21Cl2FN4O. The van der Waals surface area contributed by atoms with Crippen LogP contribution in [-0.2, 0) is 17.9 Å². The molecule has 2 N–H and O–H groups in total. The Kier molecular flexibility index (Phi) is 6.51. The summed E-state index contributed by atoms with van der Waals surface area (Å²) in [6.07, 6.45) is 6.04. The molecule has 0 saturated heterocycles. The van der Waals surface area contributed by atoms with Gasteiger partial charge in [-0.25, -0.2) is 4.39 Å². The molecule has 1 aromatic heterocycles. The smallest absolute Gasteiger partial charge is 0.241 e. The Morgan fingerprint density at radius 1 is 1.31 bits per heavy atom. The van der Waals surface area contributed by atoms with E-state index in [0.717, 1.165) is 25.8 Å². The van der Waals surface area contributed by atoms with Crippen LogP contribution < -0.4 is 10.6 Å². The van der Waals surface area contributed by atoms with E-state index in [1.807, 2.05) is 0 Å². The van der Waals surface area contributed by atoms with Gasteiger partial charge in [0.25, 0.3) is 0 Å². The zero-order valence-electron chi connectivity index (χ0n) is 14.2. The minimum atomic E-state index is -0.291. The Hall–Kier alpha value is -1.63. The van der Waals surface area contributed by atoms with Gasteiger partial charge in [-0.15, -0.1) is 0 Å². The quantitative estimate of drug-likeness (QED) is 0.751. The van der Waals surface area contributed by atoms with E-state index in [-0.39, 0.29) is 24.3 Å². The van der Waals surface area contributed by atoms with Crippen LogP contribution in [0.5, 0.6) is 0 Å². The van der Waals surface area contributed by atoms with Crippen molar-refractivity contribution in [3.63, 3.8) is 0 Å². The molecule has 0 bridgehead atoms. The van der Waals surface area contributed by atoms with Crippen molar-refractivity contribution in [3.05, 3.63) is 52.0 Å². The van der Waals surface area contributed by atoms with Crippen LogP contribution in [0, 0.1) is 11.7 Å². The third kappa shape index (κ3) is 5.43. The average Bonchev–Trinajstić information content (AvgIpc) is 3.18. The molecule has 1 heterocycles. The number of halogens is 3. The Morgan fingerprint density at radius 2 is 2.15 bits per heavy atom.